The van der Waals surface area contributed by atoms with Crippen molar-refractivity contribution >= 4 is 16.1 Å². The molecule has 0 unspecified atom stereocenters. The second-order valence-corrected chi connectivity index (χ2v) is 10.2. The van der Waals surface area contributed by atoms with Gasteiger partial charge in [-0.2, -0.15) is 0 Å². The number of furan rings is 1. The molecule has 0 bridgehead atoms. The first-order valence-electron chi connectivity index (χ1n) is 9.11. The van der Waals surface area contributed by atoms with Crippen LogP contribution in [0.25, 0.3) is 0 Å². The van der Waals surface area contributed by atoms with Crippen LogP contribution in [-0.4, -0.2) is 44.6 Å². The highest BCUT2D eigenvalue weighted by Crippen LogP contribution is 2.41. The molecule has 2 rings (SSSR count). The van der Waals surface area contributed by atoms with E-state index in [1.165, 1.54) is 4.31 Å². The summed E-state index contributed by atoms with van der Waals surface area (Å²) in [6.45, 7) is 8.69. The normalized spacial score (nSPS) is 19.2. The van der Waals surface area contributed by atoms with Crippen LogP contribution in [0.1, 0.15) is 56.7 Å². The number of hydrogen-bond acceptors (Lipinski definition) is 4. The molecule has 1 aliphatic rings. The van der Waals surface area contributed by atoms with Crippen LogP contribution in [0.5, 0.6) is 0 Å². The number of fused-ring (bicyclic) bond motifs is 1. The van der Waals surface area contributed by atoms with Crippen molar-refractivity contribution in [3.8, 4) is 0 Å². The lowest BCUT2D eigenvalue weighted by molar-refractivity contribution is 0.214. The summed E-state index contributed by atoms with van der Waals surface area (Å²) in [5.74, 6) is 1.90. The number of aryl methyl sites for hydroxylation is 1. The third kappa shape index (κ3) is 5.23. The molecule has 26 heavy (non-hydrogen) atoms. The lowest BCUT2D eigenvalue weighted by Crippen LogP contribution is -2.42. The summed E-state index contributed by atoms with van der Waals surface area (Å²) in [5.41, 5.74) is 1.12. The molecule has 0 saturated heterocycles. The molecule has 0 spiro atoms. The van der Waals surface area contributed by atoms with Gasteiger partial charge in [0.2, 0.25) is 10.0 Å². The van der Waals surface area contributed by atoms with Crippen molar-refractivity contribution in [1.29, 1.82) is 0 Å². The minimum absolute atomic E-state index is 0.0620. The van der Waals surface area contributed by atoms with Gasteiger partial charge < -0.3 is 15.1 Å². The molecule has 148 valence electrons. The smallest absolute Gasteiger partial charge is 0.315 e. The lowest BCUT2D eigenvalue weighted by Gasteiger charge is -2.34. The van der Waals surface area contributed by atoms with E-state index < -0.39 is 10.0 Å². The number of rotatable bonds is 7. The molecule has 0 saturated carbocycles. The second-order valence-electron chi connectivity index (χ2n) is 7.81. The van der Waals surface area contributed by atoms with Crippen LogP contribution in [-0.2, 0) is 16.4 Å². The molecular formula is C18H31N3O4S. The SMILES string of the molecule is CCS(=O)(=O)N(C)CCCNC(=O)N[C@@H]1CC(C)(C)Cc2oc(C)cc21. The number of sulfonamides is 1. The van der Waals surface area contributed by atoms with Crippen LogP contribution >= 0.6 is 0 Å². The highest BCUT2D eigenvalue weighted by Gasteiger charge is 2.35. The third-order valence-electron chi connectivity index (χ3n) is 4.82. The van der Waals surface area contributed by atoms with Crippen molar-refractivity contribution in [2.24, 2.45) is 5.41 Å². The van der Waals surface area contributed by atoms with E-state index in [-0.39, 0.29) is 23.2 Å². The van der Waals surface area contributed by atoms with Crippen molar-refractivity contribution in [1.82, 2.24) is 14.9 Å². The first-order chi connectivity index (χ1) is 12.0. The Bertz CT molecular complexity index is 740. The van der Waals surface area contributed by atoms with E-state index >= 15 is 0 Å². The Morgan fingerprint density at radius 3 is 2.77 bits per heavy atom. The van der Waals surface area contributed by atoms with Gasteiger partial charge in [0.15, 0.2) is 0 Å². The van der Waals surface area contributed by atoms with Gasteiger partial charge in [0.05, 0.1) is 11.8 Å². The Morgan fingerprint density at radius 2 is 2.12 bits per heavy atom. The largest absolute Gasteiger partial charge is 0.466 e. The van der Waals surface area contributed by atoms with Crippen LogP contribution in [0.2, 0.25) is 0 Å². The van der Waals surface area contributed by atoms with Crippen molar-refractivity contribution in [3.63, 3.8) is 0 Å². The van der Waals surface area contributed by atoms with Gasteiger partial charge >= 0.3 is 6.03 Å². The first kappa shape index (κ1) is 20.8. The van der Waals surface area contributed by atoms with Gasteiger partial charge in [0, 0.05) is 32.1 Å². The Labute approximate surface area is 156 Å². The zero-order valence-corrected chi connectivity index (χ0v) is 17.2. The van der Waals surface area contributed by atoms with E-state index in [1.54, 1.807) is 14.0 Å². The van der Waals surface area contributed by atoms with Gasteiger partial charge in [-0.25, -0.2) is 17.5 Å². The highest BCUT2D eigenvalue weighted by molar-refractivity contribution is 7.89. The fourth-order valence-corrected chi connectivity index (χ4v) is 4.23. The van der Waals surface area contributed by atoms with Gasteiger partial charge in [-0.05, 0) is 38.2 Å². The maximum Gasteiger partial charge on any atom is 0.315 e. The maximum atomic E-state index is 12.3. The Balaban J connectivity index is 1.84. The fraction of sp³-hybridized carbons (Fsp3) is 0.722. The van der Waals surface area contributed by atoms with Gasteiger partial charge in [0.1, 0.15) is 11.5 Å². The molecule has 2 N–H and O–H groups in total. The molecular weight excluding hydrogens is 354 g/mol. The highest BCUT2D eigenvalue weighted by atomic mass is 32.2. The number of carbonyl (C=O) groups is 1. The Kier molecular flexibility index (Phi) is 6.39. The third-order valence-corrected chi connectivity index (χ3v) is 6.68. The number of nitrogens with zero attached hydrogens (tertiary/aromatic N) is 1. The number of nitrogens with one attached hydrogen (secondary N) is 2. The Hall–Kier alpha value is -1.54. The van der Waals surface area contributed by atoms with Gasteiger partial charge in [-0.3, -0.25) is 0 Å². The summed E-state index contributed by atoms with van der Waals surface area (Å²) in [5, 5.41) is 5.85. The molecule has 1 aliphatic carbocycles. The lowest BCUT2D eigenvalue weighted by atomic mass is 9.75. The van der Waals surface area contributed by atoms with Crippen LogP contribution in [0.3, 0.4) is 0 Å². The van der Waals surface area contributed by atoms with Crippen molar-refractivity contribution < 1.29 is 17.6 Å². The predicted molar refractivity (Wildman–Crippen MR) is 102 cm³/mol. The summed E-state index contributed by atoms with van der Waals surface area (Å²) in [7, 11) is -1.61. The minimum atomic E-state index is -3.17. The molecule has 2 amide bonds. The molecule has 0 fully saturated rings. The molecule has 0 aliphatic heterocycles. The maximum absolute atomic E-state index is 12.3. The van der Waals surface area contributed by atoms with E-state index in [4.69, 9.17) is 4.42 Å². The van der Waals surface area contributed by atoms with Crippen molar-refractivity contribution in [2.75, 3.05) is 25.9 Å². The van der Waals surface area contributed by atoms with Crippen molar-refractivity contribution in [2.45, 2.75) is 53.0 Å². The molecule has 0 radical (unpaired) electrons. The second kappa shape index (κ2) is 8.00. The zero-order chi connectivity index (χ0) is 19.5. The monoisotopic (exact) mass is 385 g/mol. The minimum Gasteiger partial charge on any atom is -0.466 e. The molecule has 7 nitrogen and oxygen atoms in total. The number of urea groups is 1. The summed E-state index contributed by atoms with van der Waals surface area (Å²) < 4.78 is 30.5. The first-order valence-corrected chi connectivity index (χ1v) is 10.7. The quantitative estimate of drug-likeness (QED) is 0.706. The average Bonchev–Trinajstić information content (AvgIpc) is 2.90. The van der Waals surface area contributed by atoms with E-state index in [0.717, 1.165) is 29.9 Å². The summed E-state index contributed by atoms with van der Waals surface area (Å²) in [6, 6.07) is 1.69. The fourth-order valence-electron chi connectivity index (χ4n) is 3.39. The average molecular weight is 386 g/mol. The molecule has 1 heterocycles. The Morgan fingerprint density at radius 1 is 1.42 bits per heavy atom. The van der Waals surface area contributed by atoms with E-state index in [9.17, 15) is 13.2 Å². The molecule has 1 aromatic heterocycles. The van der Waals surface area contributed by atoms with Gasteiger partial charge in [0.25, 0.3) is 0 Å². The molecule has 1 aromatic rings. The molecule has 8 heteroatoms. The van der Waals surface area contributed by atoms with Gasteiger partial charge in [-0.1, -0.05) is 13.8 Å². The predicted octanol–water partition coefficient (Wildman–Crippen LogP) is 2.57. The number of carbonyl (C=O) groups excluding carboxylic acids is 1. The summed E-state index contributed by atoms with van der Waals surface area (Å²) >= 11 is 0. The number of hydrogen-bond donors (Lipinski definition) is 2. The molecule has 1 atom stereocenters. The zero-order valence-electron chi connectivity index (χ0n) is 16.4. The van der Waals surface area contributed by atoms with Crippen LogP contribution in [0.4, 0.5) is 4.79 Å². The van der Waals surface area contributed by atoms with Crippen LogP contribution in [0.15, 0.2) is 10.5 Å². The van der Waals surface area contributed by atoms with Gasteiger partial charge in [-0.15, -0.1) is 0 Å². The molecule has 0 aromatic carbocycles. The standard InChI is InChI=1S/C18H31N3O4S/c1-6-26(23,24)21(5)9-7-8-19-17(22)20-15-11-18(3,4)12-16-14(15)10-13(2)25-16/h10,15H,6-9,11-12H2,1-5H3,(H2,19,20,22)/t15-/m1/s1. The van der Waals surface area contributed by atoms with Crippen molar-refractivity contribution in [3.05, 3.63) is 23.2 Å². The van der Waals surface area contributed by atoms with E-state index in [1.807, 2.05) is 13.0 Å². The number of amides is 2. The summed E-state index contributed by atoms with van der Waals surface area (Å²) in [6.07, 6.45) is 2.29. The van der Waals surface area contributed by atoms with Crippen LogP contribution < -0.4 is 10.6 Å². The van der Waals surface area contributed by atoms with E-state index in [0.29, 0.717) is 19.5 Å². The summed E-state index contributed by atoms with van der Waals surface area (Å²) in [4.78, 5) is 12.3. The topological polar surface area (TPSA) is 91.7 Å². The van der Waals surface area contributed by atoms with E-state index in [2.05, 4.69) is 24.5 Å². The van der Waals surface area contributed by atoms with Crippen LogP contribution in [0, 0.1) is 12.3 Å².